The first-order valence-electron chi connectivity index (χ1n) is 7.60. The van der Waals surface area contributed by atoms with Gasteiger partial charge in [0.1, 0.15) is 0 Å². The van der Waals surface area contributed by atoms with E-state index >= 15 is 0 Å². The third kappa shape index (κ3) is 3.33. The molecule has 0 spiro atoms. The number of piperidine rings is 1. The van der Waals surface area contributed by atoms with E-state index in [0.717, 1.165) is 24.9 Å². The smallest absolute Gasteiger partial charge is 0.276 e. The number of carbonyl (C=O) groups excluding carboxylic acids is 1. The van der Waals surface area contributed by atoms with E-state index in [1.807, 2.05) is 30.3 Å². The summed E-state index contributed by atoms with van der Waals surface area (Å²) in [6, 6.07) is 9.94. The fourth-order valence-electron chi connectivity index (χ4n) is 2.80. The molecule has 1 aliphatic rings. The van der Waals surface area contributed by atoms with Crippen LogP contribution in [-0.2, 0) is 6.54 Å². The van der Waals surface area contributed by atoms with Gasteiger partial charge < -0.3 is 10.0 Å². The number of carbonyl (C=O) groups is 1. The Hall–Kier alpha value is -2.21. The van der Waals surface area contributed by atoms with Crippen molar-refractivity contribution in [3.8, 4) is 0 Å². The number of amides is 1. The van der Waals surface area contributed by atoms with Crippen LogP contribution in [0.2, 0.25) is 0 Å². The number of nitrogens with zero attached hydrogens (tertiary/aromatic N) is 4. The maximum absolute atomic E-state index is 12.5. The van der Waals surface area contributed by atoms with Gasteiger partial charge in [-0.05, 0) is 24.3 Å². The highest BCUT2D eigenvalue weighted by atomic mass is 16.3. The second-order valence-electron chi connectivity index (χ2n) is 5.73. The molecule has 0 aliphatic carbocycles. The van der Waals surface area contributed by atoms with Gasteiger partial charge >= 0.3 is 0 Å². The van der Waals surface area contributed by atoms with Gasteiger partial charge in [0.15, 0.2) is 5.69 Å². The average molecular weight is 300 g/mol. The minimum Gasteiger partial charge on any atom is -0.396 e. The monoisotopic (exact) mass is 300 g/mol. The summed E-state index contributed by atoms with van der Waals surface area (Å²) in [5.41, 5.74) is 1.49. The molecule has 2 aromatic rings. The third-order valence-electron chi connectivity index (χ3n) is 4.01. The quantitative estimate of drug-likeness (QED) is 0.920. The van der Waals surface area contributed by atoms with E-state index < -0.39 is 0 Å². The van der Waals surface area contributed by atoms with Crippen LogP contribution in [0.15, 0.2) is 36.5 Å². The molecular weight excluding hydrogens is 280 g/mol. The molecule has 2 heterocycles. The molecule has 0 bridgehead atoms. The zero-order chi connectivity index (χ0) is 15.4. The molecule has 6 nitrogen and oxygen atoms in total. The first kappa shape index (κ1) is 14.7. The predicted octanol–water partition coefficient (Wildman–Crippen LogP) is 1.17. The van der Waals surface area contributed by atoms with Crippen LogP contribution in [0.1, 0.15) is 28.9 Å². The van der Waals surface area contributed by atoms with Crippen molar-refractivity contribution in [1.82, 2.24) is 19.9 Å². The summed E-state index contributed by atoms with van der Waals surface area (Å²) in [6.45, 7) is 2.05. The third-order valence-corrected chi connectivity index (χ3v) is 4.01. The second kappa shape index (κ2) is 6.70. The number of likely N-dealkylation sites (tertiary alicyclic amines) is 1. The van der Waals surface area contributed by atoms with E-state index in [9.17, 15) is 9.90 Å². The number of hydrogen-bond donors (Lipinski definition) is 1. The van der Waals surface area contributed by atoms with Crippen molar-refractivity contribution in [3.05, 3.63) is 47.8 Å². The van der Waals surface area contributed by atoms with Crippen LogP contribution < -0.4 is 0 Å². The Morgan fingerprint density at radius 3 is 2.91 bits per heavy atom. The lowest BCUT2D eigenvalue weighted by Crippen LogP contribution is -2.41. The Morgan fingerprint density at radius 2 is 2.14 bits per heavy atom. The molecule has 3 rings (SSSR count). The van der Waals surface area contributed by atoms with Crippen LogP contribution in [0.25, 0.3) is 0 Å². The maximum atomic E-state index is 12.5. The number of benzene rings is 1. The maximum Gasteiger partial charge on any atom is 0.276 e. The van der Waals surface area contributed by atoms with E-state index in [0.29, 0.717) is 18.8 Å². The van der Waals surface area contributed by atoms with E-state index in [2.05, 4.69) is 10.3 Å². The summed E-state index contributed by atoms with van der Waals surface area (Å²) in [5.74, 6) is 0.0783. The molecule has 116 valence electrons. The van der Waals surface area contributed by atoms with Crippen molar-refractivity contribution >= 4 is 5.91 Å². The minimum absolute atomic E-state index is 0.0996. The van der Waals surface area contributed by atoms with Crippen molar-refractivity contribution < 1.29 is 9.90 Å². The Labute approximate surface area is 129 Å². The number of hydrogen-bond acceptors (Lipinski definition) is 4. The van der Waals surface area contributed by atoms with E-state index in [1.54, 1.807) is 15.8 Å². The molecule has 1 aliphatic heterocycles. The molecule has 1 amide bonds. The highest BCUT2D eigenvalue weighted by Crippen LogP contribution is 2.17. The topological polar surface area (TPSA) is 71.2 Å². The lowest BCUT2D eigenvalue weighted by atomic mass is 9.99. The van der Waals surface area contributed by atoms with Gasteiger partial charge in [-0.2, -0.15) is 0 Å². The summed E-state index contributed by atoms with van der Waals surface area (Å²) in [5, 5.41) is 17.3. The molecule has 0 radical (unpaired) electrons. The minimum atomic E-state index is -0.0996. The lowest BCUT2D eigenvalue weighted by Gasteiger charge is -2.31. The zero-order valence-corrected chi connectivity index (χ0v) is 12.4. The van der Waals surface area contributed by atoms with Crippen LogP contribution in [0.5, 0.6) is 0 Å². The standard InChI is InChI=1S/C16H20N4O2/c21-12-14-7-4-8-19(9-14)16(22)15-11-20(18-17-15)10-13-5-2-1-3-6-13/h1-3,5-6,11,14,21H,4,7-10,12H2. The molecule has 1 atom stereocenters. The summed E-state index contributed by atoms with van der Waals surface area (Å²) < 4.78 is 1.68. The van der Waals surface area contributed by atoms with Crippen LogP contribution in [0.3, 0.4) is 0 Å². The van der Waals surface area contributed by atoms with Gasteiger partial charge in [0, 0.05) is 19.7 Å². The highest BCUT2D eigenvalue weighted by Gasteiger charge is 2.25. The summed E-state index contributed by atoms with van der Waals surface area (Å²) >= 11 is 0. The van der Waals surface area contributed by atoms with Gasteiger partial charge in [-0.15, -0.1) is 5.10 Å². The van der Waals surface area contributed by atoms with Crippen LogP contribution in [-0.4, -0.2) is 50.6 Å². The molecule has 0 saturated carbocycles. The molecule has 1 aromatic heterocycles. The van der Waals surface area contributed by atoms with Gasteiger partial charge in [0.25, 0.3) is 5.91 Å². The fourth-order valence-corrected chi connectivity index (χ4v) is 2.80. The number of rotatable bonds is 4. The van der Waals surface area contributed by atoms with Crippen molar-refractivity contribution in [2.45, 2.75) is 19.4 Å². The number of aliphatic hydroxyl groups is 1. The molecule has 1 saturated heterocycles. The fraction of sp³-hybridized carbons (Fsp3) is 0.438. The van der Waals surface area contributed by atoms with Crippen molar-refractivity contribution in [3.63, 3.8) is 0 Å². The zero-order valence-electron chi connectivity index (χ0n) is 12.4. The normalized spacial score (nSPS) is 18.4. The molecule has 6 heteroatoms. The largest absolute Gasteiger partial charge is 0.396 e. The van der Waals surface area contributed by atoms with Gasteiger partial charge in [0.2, 0.25) is 0 Å². The molecule has 1 aromatic carbocycles. The Bertz CT molecular complexity index is 626. The molecule has 1 N–H and O–H groups in total. The SMILES string of the molecule is O=C(c1cn(Cc2ccccc2)nn1)N1CCCC(CO)C1. The van der Waals surface area contributed by atoms with E-state index in [1.165, 1.54) is 0 Å². The molecule has 1 unspecified atom stereocenters. The van der Waals surface area contributed by atoms with Gasteiger partial charge in [0.05, 0.1) is 12.7 Å². The van der Waals surface area contributed by atoms with Crippen molar-refractivity contribution in [2.75, 3.05) is 19.7 Å². The summed E-state index contributed by atoms with van der Waals surface area (Å²) in [7, 11) is 0. The summed E-state index contributed by atoms with van der Waals surface area (Å²) in [6.07, 6.45) is 3.59. The Morgan fingerprint density at radius 1 is 1.32 bits per heavy atom. The Kier molecular flexibility index (Phi) is 4.48. The first-order chi connectivity index (χ1) is 10.8. The number of aliphatic hydroxyl groups excluding tert-OH is 1. The van der Waals surface area contributed by atoms with Crippen LogP contribution >= 0.6 is 0 Å². The van der Waals surface area contributed by atoms with Gasteiger partial charge in [-0.25, -0.2) is 4.68 Å². The van der Waals surface area contributed by atoms with Crippen molar-refractivity contribution in [2.24, 2.45) is 5.92 Å². The van der Waals surface area contributed by atoms with Gasteiger partial charge in [-0.1, -0.05) is 35.5 Å². The molecule has 1 fully saturated rings. The molecular formula is C16H20N4O2. The second-order valence-corrected chi connectivity index (χ2v) is 5.73. The number of aromatic nitrogens is 3. The first-order valence-corrected chi connectivity index (χ1v) is 7.60. The lowest BCUT2D eigenvalue weighted by molar-refractivity contribution is 0.0615. The highest BCUT2D eigenvalue weighted by molar-refractivity contribution is 5.92. The van der Waals surface area contributed by atoms with E-state index in [-0.39, 0.29) is 18.4 Å². The van der Waals surface area contributed by atoms with Crippen LogP contribution in [0.4, 0.5) is 0 Å². The van der Waals surface area contributed by atoms with Crippen molar-refractivity contribution in [1.29, 1.82) is 0 Å². The Balaban J connectivity index is 1.66. The van der Waals surface area contributed by atoms with Gasteiger partial charge in [-0.3, -0.25) is 4.79 Å². The van der Waals surface area contributed by atoms with E-state index in [4.69, 9.17) is 0 Å². The van der Waals surface area contributed by atoms with Crippen LogP contribution in [0, 0.1) is 5.92 Å². The molecule has 22 heavy (non-hydrogen) atoms. The predicted molar refractivity (Wildman–Crippen MR) is 81.3 cm³/mol. The summed E-state index contributed by atoms with van der Waals surface area (Å²) in [4.78, 5) is 14.2. The average Bonchev–Trinajstić information content (AvgIpc) is 3.03.